The highest BCUT2D eigenvalue weighted by Gasteiger charge is 2.10. The van der Waals surface area contributed by atoms with Crippen LogP contribution in [0.15, 0.2) is 12.7 Å². The molecule has 1 unspecified atom stereocenters. The summed E-state index contributed by atoms with van der Waals surface area (Å²) in [7, 11) is 0. The number of rotatable bonds is 6. The van der Waals surface area contributed by atoms with Crippen molar-refractivity contribution in [2.75, 3.05) is 19.6 Å². The molecule has 0 aromatic carbocycles. The van der Waals surface area contributed by atoms with E-state index in [1.54, 1.807) is 0 Å². The van der Waals surface area contributed by atoms with Gasteiger partial charge in [0.15, 0.2) is 0 Å². The lowest BCUT2D eigenvalue weighted by atomic mass is 10.1. The van der Waals surface area contributed by atoms with Crippen molar-refractivity contribution >= 4 is 0 Å². The Hall–Kier alpha value is -0.340. The fourth-order valence-electron chi connectivity index (χ4n) is 1.14. The van der Waals surface area contributed by atoms with Gasteiger partial charge in [-0.05, 0) is 26.3 Å². The van der Waals surface area contributed by atoms with E-state index in [-0.39, 0.29) is 0 Å². The Kier molecular flexibility index (Phi) is 6.03. The average molecular weight is 170 g/mol. The maximum absolute atomic E-state index is 5.56. The molecule has 2 nitrogen and oxygen atoms in total. The highest BCUT2D eigenvalue weighted by Crippen LogP contribution is 2.03. The minimum atomic E-state index is 0.576. The second-order valence-electron chi connectivity index (χ2n) is 3.68. The lowest BCUT2D eigenvalue weighted by Gasteiger charge is -2.27. The van der Waals surface area contributed by atoms with Crippen molar-refractivity contribution in [1.82, 2.24) is 4.90 Å². The van der Waals surface area contributed by atoms with Crippen LogP contribution in [0.1, 0.15) is 20.8 Å². The second-order valence-corrected chi connectivity index (χ2v) is 3.68. The summed E-state index contributed by atoms with van der Waals surface area (Å²) in [5.74, 6) is 0.576. The van der Waals surface area contributed by atoms with Crippen LogP contribution in [0.2, 0.25) is 0 Å². The summed E-state index contributed by atoms with van der Waals surface area (Å²) in [4.78, 5) is 2.38. The molecule has 72 valence electrons. The zero-order valence-electron chi connectivity index (χ0n) is 8.59. The molecule has 2 N–H and O–H groups in total. The van der Waals surface area contributed by atoms with Crippen molar-refractivity contribution in [3.05, 3.63) is 12.7 Å². The molecule has 0 aromatic heterocycles. The van der Waals surface area contributed by atoms with Crippen molar-refractivity contribution in [2.45, 2.75) is 26.8 Å². The fourth-order valence-corrected chi connectivity index (χ4v) is 1.14. The molecule has 0 aliphatic rings. The molecule has 0 rings (SSSR count). The van der Waals surface area contributed by atoms with E-state index in [4.69, 9.17) is 5.73 Å². The van der Waals surface area contributed by atoms with Crippen molar-refractivity contribution in [3.8, 4) is 0 Å². The van der Waals surface area contributed by atoms with E-state index >= 15 is 0 Å². The molecule has 2 heteroatoms. The Morgan fingerprint density at radius 2 is 2.00 bits per heavy atom. The molecule has 0 saturated heterocycles. The Bertz CT molecular complexity index is 121. The van der Waals surface area contributed by atoms with E-state index in [1.165, 1.54) is 0 Å². The van der Waals surface area contributed by atoms with E-state index in [2.05, 4.69) is 32.3 Å². The molecule has 1 atom stereocenters. The first-order chi connectivity index (χ1) is 5.61. The van der Waals surface area contributed by atoms with Gasteiger partial charge in [-0.1, -0.05) is 13.0 Å². The van der Waals surface area contributed by atoms with Gasteiger partial charge in [0, 0.05) is 19.1 Å². The van der Waals surface area contributed by atoms with Crippen LogP contribution in [0.25, 0.3) is 0 Å². The fraction of sp³-hybridized carbons (Fsp3) is 0.800. The average Bonchev–Trinajstić information content (AvgIpc) is 2.03. The van der Waals surface area contributed by atoms with Crippen LogP contribution in [0, 0.1) is 5.92 Å². The summed E-state index contributed by atoms with van der Waals surface area (Å²) in [6.45, 7) is 13.1. The van der Waals surface area contributed by atoms with Crippen LogP contribution in [-0.4, -0.2) is 30.6 Å². The molecule has 0 radical (unpaired) electrons. The van der Waals surface area contributed by atoms with Crippen molar-refractivity contribution < 1.29 is 0 Å². The predicted octanol–water partition coefficient (Wildman–Crippen LogP) is 1.48. The van der Waals surface area contributed by atoms with Gasteiger partial charge in [-0.15, -0.1) is 6.58 Å². The standard InChI is InChI=1S/C10H22N2/c1-5-6-12(9(2)3)8-10(4)7-11/h5,9-10H,1,6-8,11H2,2-4H3. The normalized spacial score (nSPS) is 13.8. The highest BCUT2D eigenvalue weighted by molar-refractivity contribution is 4.77. The first-order valence-electron chi connectivity index (χ1n) is 4.66. The zero-order valence-corrected chi connectivity index (χ0v) is 8.59. The molecule has 0 fully saturated rings. The lowest BCUT2D eigenvalue weighted by Crippen LogP contribution is -2.36. The van der Waals surface area contributed by atoms with Gasteiger partial charge >= 0.3 is 0 Å². The monoisotopic (exact) mass is 170 g/mol. The highest BCUT2D eigenvalue weighted by atomic mass is 15.1. The molecular weight excluding hydrogens is 148 g/mol. The van der Waals surface area contributed by atoms with Crippen molar-refractivity contribution in [2.24, 2.45) is 11.7 Å². The quantitative estimate of drug-likeness (QED) is 0.612. The Morgan fingerprint density at radius 3 is 2.33 bits per heavy atom. The molecule has 0 aliphatic carbocycles. The topological polar surface area (TPSA) is 29.3 Å². The molecule has 0 aromatic rings. The molecule has 12 heavy (non-hydrogen) atoms. The first-order valence-corrected chi connectivity index (χ1v) is 4.66. The van der Waals surface area contributed by atoms with E-state index in [1.807, 2.05) is 6.08 Å². The van der Waals surface area contributed by atoms with Crippen molar-refractivity contribution in [1.29, 1.82) is 0 Å². The number of hydrogen-bond donors (Lipinski definition) is 1. The van der Waals surface area contributed by atoms with Gasteiger partial charge in [0.05, 0.1) is 0 Å². The maximum atomic E-state index is 5.56. The molecule has 0 aliphatic heterocycles. The molecule has 0 bridgehead atoms. The van der Waals surface area contributed by atoms with Crippen molar-refractivity contribution in [3.63, 3.8) is 0 Å². The zero-order chi connectivity index (χ0) is 9.56. The van der Waals surface area contributed by atoms with Gasteiger partial charge in [-0.2, -0.15) is 0 Å². The minimum Gasteiger partial charge on any atom is -0.330 e. The molecule has 0 amide bonds. The first kappa shape index (κ1) is 11.7. The van der Waals surface area contributed by atoms with Crippen LogP contribution in [0.5, 0.6) is 0 Å². The third-order valence-electron chi connectivity index (χ3n) is 2.04. The van der Waals surface area contributed by atoms with Gasteiger partial charge in [-0.3, -0.25) is 4.90 Å². The summed E-state index contributed by atoms with van der Waals surface area (Å²) in [5, 5.41) is 0. The summed E-state index contributed by atoms with van der Waals surface area (Å²) < 4.78 is 0. The molecular formula is C10H22N2. The van der Waals surface area contributed by atoms with Gasteiger partial charge in [0.1, 0.15) is 0 Å². The molecule has 0 heterocycles. The van der Waals surface area contributed by atoms with E-state index in [0.29, 0.717) is 12.0 Å². The van der Waals surface area contributed by atoms with Crippen LogP contribution in [0.4, 0.5) is 0 Å². The largest absolute Gasteiger partial charge is 0.330 e. The predicted molar refractivity (Wildman–Crippen MR) is 55.1 cm³/mol. The third-order valence-corrected chi connectivity index (χ3v) is 2.04. The van der Waals surface area contributed by atoms with Gasteiger partial charge in [0.2, 0.25) is 0 Å². The van der Waals surface area contributed by atoms with E-state index in [0.717, 1.165) is 19.6 Å². The van der Waals surface area contributed by atoms with E-state index in [9.17, 15) is 0 Å². The minimum absolute atomic E-state index is 0.576. The second kappa shape index (κ2) is 6.21. The molecule has 0 saturated carbocycles. The van der Waals surface area contributed by atoms with Crippen LogP contribution < -0.4 is 5.73 Å². The third kappa shape index (κ3) is 4.52. The maximum Gasteiger partial charge on any atom is 0.0163 e. The number of hydrogen-bond acceptors (Lipinski definition) is 2. The van der Waals surface area contributed by atoms with Gasteiger partial charge in [-0.25, -0.2) is 0 Å². The number of nitrogens with two attached hydrogens (primary N) is 1. The Labute approximate surface area is 76.4 Å². The van der Waals surface area contributed by atoms with Gasteiger partial charge in [0.25, 0.3) is 0 Å². The summed E-state index contributed by atoms with van der Waals surface area (Å²) in [6, 6.07) is 0.581. The lowest BCUT2D eigenvalue weighted by molar-refractivity contribution is 0.215. The van der Waals surface area contributed by atoms with Crippen LogP contribution in [0.3, 0.4) is 0 Å². The van der Waals surface area contributed by atoms with Gasteiger partial charge < -0.3 is 5.73 Å². The van der Waals surface area contributed by atoms with E-state index < -0.39 is 0 Å². The SMILES string of the molecule is C=CCN(CC(C)CN)C(C)C. The Balaban J connectivity index is 3.85. The van der Waals surface area contributed by atoms with Crippen LogP contribution in [-0.2, 0) is 0 Å². The van der Waals surface area contributed by atoms with Crippen LogP contribution >= 0.6 is 0 Å². The summed E-state index contributed by atoms with van der Waals surface area (Å²) in [6.07, 6.45) is 1.95. The summed E-state index contributed by atoms with van der Waals surface area (Å²) in [5.41, 5.74) is 5.56. The Morgan fingerprint density at radius 1 is 1.42 bits per heavy atom. The smallest absolute Gasteiger partial charge is 0.0163 e. The summed E-state index contributed by atoms with van der Waals surface area (Å²) >= 11 is 0. The molecule has 0 spiro atoms. The number of nitrogens with zero attached hydrogens (tertiary/aromatic N) is 1.